The summed E-state index contributed by atoms with van der Waals surface area (Å²) in [5.74, 6) is 0.640. The summed E-state index contributed by atoms with van der Waals surface area (Å²) < 4.78 is 11.3. The van der Waals surface area contributed by atoms with E-state index in [0.29, 0.717) is 28.7 Å². The number of benzene rings is 2. The fourth-order valence-electron chi connectivity index (χ4n) is 2.96. The zero-order chi connectivity index (χ0) is 16.7. The number of phenolic OH excluding ortho intramolecular Hbond substituents is 1. The van der Waals surface area contributed by atoms with Crippen LogP contribution in [0.3, 0.4) is 0 Å². The molecule has 0 aliphatic carbocycles. The molecular formula is C20H16O4. The average Bonchev–Trinajstić information content (AvgIpc) is 3.00. The van der Waals surface area contributed by atoms with E-state index in [9.17, 15) is 9.90 Å². The third kappa shape index (κ3) is 2.27. The van der Waals surface area contributed by atoms with E-state index >= 15 is 0 Å². The molecule has 2 aromatic heterocycles. The third-order valence-corrected chi connectivity index (χ3v) is 4.18. The van der Waals surface area contributed by atoms with Crippen molar-refractivity contribution >= 4 is 21.9 Å². The predicted octanol–water partition coefficient (Wildman–Crippen LogP) is 4.86. The van der Waals surface area contributed by atoms with E-state index < -0.39 is 0 Å². The quantitative estimate of drug-likeness (QED) is 0.585. The Balaban J connectivity index is 1.94. The lowest BCUT2D eigenvalue weighted by atomic mass is 10.0. The molecule has 0 bridgehead atoms. The van der Waals surface area contributed by atoms with E-state index in [-0.39, 0.29) is 11.2 Å². The molecule has 4 aromatic rings. The van der Waals surface area contributed by atoms with Crippen molar-refractivity contribution in [3.63, 3.8) is 0 Å². The largest absolute Gasteiger partial charge is 0.508 e. The SMILES string of the molecule is CCCc1cc2c(=O)c(-c3cc4ccccc4o3)coc2cc1O. The normalized spacial score (nSPS) is 11.4. The van der Waals surface area contributed by atoms with Crippen LogP contribution in [-0.4, -0.2) is 5.11 Å². The lowest BCUT2D eigenvalue weighted by Gasteiger charge is -2.06. The molecule has 2 heterocycles. The van der Waals surface area contributed by atoms with Crippen molar-refractivity contribution in [3.05, 3.63) is 64.5 Å². The highest BCUT2D eigenvalue weighted by atomic mass is 16.3. The van der Waals surface area contributed by atoms with Crippen molar-refractivity contribution in [3.8, 4) is 17.1 Å². The molecule has 0 unspecified atom stereocenters. The molecule has 120 valence electrons. The Morgan fingerprint density at radius 2 is 1.92 bits per heavy atom. The second-order valence-electron chi connectivity index (χ2n) is 5.85. The number of hydrogen-bond donors (Lipinski definition) is 1. The van der Waals surface area contributed by atoms with Crippen LogP contribution in [0.5, 0.6) is 5.75 Å². The third-order valence-electron chi connectivity index (χ3n) is 4.18. The molecule has 0 radical (unpaired) electrons. The maximum absolute atomic E-state index is 12.9. The van der Waals surface area contributed by atoms with Crippen molar-refractivity contribution in [2.24, 2.45) is 0 Å². The van der Waals surface area contributed by atoms with Crippen molar-refractivity contribution < 1.29 is 13.9 Å². The number of phenols is 1. The molecule has 4 nitrogen and oxygen atoms in total. The topological polar surface area (TPSA) is 63.6 Å². The Kier molecular flexibility index (Phi) is 3.38. The summed E-state index contributed by atoms with van der Waals surface area (Å²) in [5, 5.41) is 11.4. The maximum atomic E-state index is 12.9. The standard InChI is InChI=1S/C20H16O4/c1-2-5-12-8-14-18(10-16(12)21)23-11-15(20(14)22)19-9-13-6-3-4-7-17(13)24-19/h3-4,6-11,21H,2,5H2,1H3. The highest BCUT2D eigenvalue weighted by Gasteiger charge is 2.15. The number of rotatable bonds is 3. The van der Waals surface area contributed by atoms with Gasteiger partial charge in [-0.15, -0.1) is 0 Å². The first-order chi connectivity index (χ1) is 11.7. The first-order valence-electron chi connectivity index (χ1n) is 7.93. The molecular weight excluding hydrogens is 304 g/mol. The Hall–Kier alpha value is -3.01. The molecule has 0 aliphatic heterocycles. The molecule has 2 aromatic carbocycles. The number of para-hydroxylation sites is 1. The van der Waals surface area contributed by atoms with Crippen LogP contribution in [0.25, 0.3) is 33.3 Å². The number of aryl methyl sites for hydroxylation is 1. The van der Waals surface area contributed by atoms with Gasteiger partial charge in [-0.1, -0.05) is 31.5 Å². The molecule has 0 spiro atoms. The van der Waals surface area contributed by atoms with Crippen molar-refractivity contribution in [1.29, 1.82) is 0 Å². The number of fused-ring (bicyclic) bond motifs is 2. The van der Waals surface area contributed by atoms with Crippen LogP contribution < -0.4 is 5.43 Å². The molecule has 1 N–H and O–H groups in total. The van der Waals surface area contributed by atoms with Gasteiger partial charge in [-0.3, -0.25) is 4.79 Å². The number of aromatic hydroxyl groups is 1. The van der Waals surface area contributed by atoms with Crippen LogP contribution in [0.15, 0.2) is 62.4 Å². The van der Waals surface area contributed by atoms with Gasteiger partial charge >= 0.3 is 0 Å². The molecule has 24 heavy (non-hydrogen) atoms. The van der Waals surface area contributed by atoms with Gasteiger partial charge in [0.25, 0.3) is 0 Å². The molecule has 0 atom stereocenters. The molecule has 0 aliphatic rings. The molecule has 4 heteroatoms. The van der Waals surface area contributed by atoms with E-state index in [1.807, 2.05) is 37.3 Å². The summed E-state index contributed by atoms with van der Waals surface area (Å²) in [6, 6.07) is 12.7. The Morgan fingerprint density at radius 1 is 1.08 bits per heavy atom. The maximum Gasteiger partial charge on any atom is 0.203 e. The van der Waals surface area contributed by atoms with Gasteiger partial charge in [0.15, 0.2) is 0 Å². The van der Waals surface area contributed by atoms with E-state index in [0.717, 1.165) is 23.0 Å². The van der Waals surface area contributed by atoms with Crippen molar-refractivity contribution in [1.82, 2.24) is 0 Å². The van der Waals surface area contributed by atoms with Gasteiger partial charge in [0.05, 0.1) is 5.39 Å². The second kappa shape index (κ2) is 5.57. The number of furan rings is 1. The van der Waals surface area contributed by atoms with Crippen molar-refractivity contribution in [2.75, 3.05) is 0 Å². The van der Waals surface area contributed by atoms with Crippen LogP contribution >= 0.6 is 0 Å². The van der Waals surface area contributed by atoms with E-state index in [4.69, 9.17) is 8.83 Å². The minimum atomic E-state index is -0.160. The lowest BCUT2D eigenvalue weighted by Crippen LogP contribution is -2.05. The zero-order valence-electron chi connectivity index (χ0n) is 13.2. The lowest BCUT2D eigenvalue weighted by molar-refractivity contribution is 0.466. The average molecular weight is 320 g/mol. The van der Waals surface area contributed by atoms with E-state index in [2.05, 4.69) is 0 Å². The minimum Gasteiger partial charge on any atom is -0.508 e. The highest BCUT2D eigenvalue weighted by molar-refractivity contribution is 5.86. The summed E-state index contributed by atoms with van der Waals surface area (Å²) in [6.45, 7) is 2.02. The minimum absolute atomic E-state index is 0.156. The van der Waals surface area contributed by atoms with E-state index in [1.165, 1.54) is 12.3 Å². The Bertz CT molecular complexity index is 1070. The van der Waals surface area contributed by atoms with Crippen molar-refractivity contribution in [2.45, 2.75) is 19.8 Å². The molecule has 0 amide bonds. The van der Waals surface area contributed by atoms with Gasteiger partial charge in [0.1, 0.15) is 34.5 Å². The fraction of sp³-hybridized carbons (Fsp3) is 0.150. The van der Waals surface area contributed by atoms with Gasteiger partial charge in [-0.2, -0.15) is 0 Å². The van der Waals surface area contributed by atoms with Crippen LogP contribution in [0, 0.1) is 0 Å². The van der Waals surface area contributed by atoms with Crippen LogP contribution in [0.2, 0.25) is 0 Å². The summed E-state index contributed by atoms with van der Waals surface area (Å²) >= 11 is 0. The van der Waals surface area contributed by atoms with Crippen LogP contribution in [0.4, 0.5) is 0 Å². The summed E-state index contributed by atoms with van der Waals surface area (Å²) in [4.78, 5) is 12.9. The van der Waals surface area contributed by atoms with E-state index in [1.54, 1.807) is 6.07 Å². The monoisotopic (exact) mass is 320 g/mol. The first kappa shape index (κ1) is 14.6. The Morgan fingerprint density at radius 3 is 2.71 bits per heavy atom. The Labute approximate surface area is 138 Å². The summed E-state index contributed by atoms with van der Waals surface area (Å²) in [6.07, 6.45) is 2.98. The van der Waals surface area contributed by atoms with Gasteiger partial charge in [0.2, 0.25) is 5.43 Å². The van der Waals surface area contributed by atoms with Gasteiger partial charge in [-0.05, 0) is 30.2 Å². The highest BCUT2D eigenvalue weighted by Crippen LogP contribution is 2.29. The second-order valence-corrected chi connectivity index (χ2v) is 5.85. The molecule has 0 saturated carbocycles. The van der Waals surface area contributed by atoms with Gasteiger partial charge in [0, 0.05) is 11.5 Å². The van der Waals surface area contributed by atoms with Gasteiger partial charge in [-0.25, -0.2) is 0 Å². The summed E-state index contributed by atoms with van der Waals surface area (Å²) in [7, 11) is 0. The number of hydrogen-bond acceptors (Lipinski definition) is 4. The zero-order valence-corrected chi connectivity index (χ0v) is 13.2. The molecule has 0 saturated heterocycles. The first-order valence-corrected chi connectivity index (χ1v) is 7.93. The molecule has 0 fully saturated rings. The predicted molar refractivity (Wildman–Crippen MR) is 93.4 cm³/mol. The molecule has 4 rings (SSSR count). The van der Waals surface area contributed by atoms with Gasteiger partial charge < -0.3 is 13.9 Å². The smallest absolute Gasteiger partial charge is 0.203 e. The fourth-order valence-corrected chi connectivity index (χ4v) is 2.96. The van der Waals surface area contributed by atoms with Crippen LogP contribution in [-0.2, 0) is 6.42 Å². The van der Waals surface area contributed by atoms with Crippen LogP contribution in [0.1, 0.15) is 18.9 Å². The summed E-state index contributed by atoms with van der Waals surface area (Å²) in [5.41, 5.74) is 2.07.